The molecule has 2 rings (SSSR count). The van der Waals surface area contributed by atoms with Crippen LogP contribution in [0.25, 0.3) is 0 Å². The summed E-state index contributed by atoms with van der Waals surface area (Å²) in [7, 11) is 0. The molecule has 128 valence electrons. The fraction of sp³-hybridized carbons (Fsp3) is 0.611. The Bertz CT molecular complexity index is 485. The highest BCUT2D eigenvalue weighted by molar-refractivity contribution is 5.92. The minimum absolute atomic E-state index is 0.115. The molecule has 1 aromatic rings. The van der Waals surface area contributed by atoms with Crippen LogP contribution < -0.4 is 10.6 Å². The van der Waals surface area contributed by atoms with Gasteiger partial charge in [0.05, 0.1) is 25.9 Å². The molecule has 2 N–H and O–H groups in total. The predicted octanol–water partition coefficient (Wildman–Crippen LogP) is 2.57. The van der Waals surface area contributed by atoms with Crippen LogP contribution >= 0.6 is 0 Å². The average Bonchev–Trinajstić information content (AvgIpc) is 2.55. The van der Waals surface area contributed by atoms with Gasteiger partial charge in [-0.1, -0.05) is 12.1 Å². The summed E-state index contributed by atoms with van der Waals surface area (Å²) in [6.07, 6.45) is 2.04. The van der Waals surface area contributed by atoms with Crippen molar-refractivity contribution >= 4 is 11.6 Å². The lowest BCUT2D eigenvalue weighted by molar-refractivity contribution is -0.120. The van der Waals surface area contributed by atoms with Gasteiger partial charge in [0.2, 0.25) is 5.91 Å². The van der Waals surface area contributed by atoms with Crippen LogP contribution in [0.3, 0.4) is 0 Å². The van der Waals surface area contributed by atoms with E-state index in [2.05, 4.69) is 10.6 Å². The molecule has 1 heterocycles. The molecule has 0 bridgehead atoms. The van der Waals surface area contributed by atoms with Crippen molar-refractivity contribution in [2.75, 3.05) is 31.6 Å². The largest absolute Gasteiger partial charge is 0.376 e. The Balaban J connectivity index is 1.76. The van der Waals surface area contributed by atoms with Gasteiger partial charge in [0, 0.05) is 11.6 Å². The van der Waals surface area contributed by atoms with Crippen molar-refractivity contribution in [3.63, 3.8) is 0 Å². The Morgan fingerprint density at radius 2 is 2.09 bits per heavy atom. The minimum Gasteiger partial charge on any atom is -0.376 e. The van der Waals surface area contributed by atoms with Gasteiger partial charge in [-0.2, -0.15) is 0 Å². The zero-order valence-corrected chi connectivity index (χ0v) is 14.1. The normalized spacial score (nSPS) is 15.8. The highest BCUT2D eigenvalue weighted by Gasteiger charge is 2.20. The number of carbonyl (C=O) groups is 1. The molecule has 1 aliphatic rings. The SMILES string of the molecule is CC(C)OCCOCc1cccc(NC(=O)C2CCNCC2)c1. The van der Waals surface area contributed by atoms with Gasteiger partial charge in [0.1, 0.15) is 0 Å². The Kier molecular flexibility index (Phi) is 7.52. The van der Waals surface area contributed by atoms with Crippen LogP contribution in [0.2, 0.25) is 0 Å². The first-order valence-electron chi connectivity index (χ1n) is 8.45. The van der Waals surface area contributed by atoms with Gasteiger partial charge in [0.25, 0.3) is 0 Å². The van der Waals surface area contributed by atoms with Gasteiger partial charge in [-0.25, -0.2) is 0 Å². The van der Waals surface area contributed by atoms with Crippen molar-refractivity contribution in [1.29, 1.82) is 0 Å². The van der Waals surface area contributed by atoms with Crippen LogP contribution in [0.1, 0.15) is 32.3 Å². The van der Waals surface area contributed by atoms with Crippen molar-refractivity contribution in [1.82, 2.24) is 5.32 Å². The Morgan fingerprint density at radius 1 is 1.30 bits per heavy atom. The molecule has 1 saturated heterocycles. The van der Waals surface area contributed by atoms with E-state index in [1.54, 1.807) is 0 Å². The second-order valence-corrected chi connectivity index (χ2v) is 6.19. The number of piperidine rings is 1. The van der Waals surface area contributed by atoms with Crippen LogP contribution in [0, 0.1) is 5.92 Å². The number of hydrogen-bond acceptors (Lipinski definition) is 4. The maximum absolute atomic E-state index is 12.3. The molecule has 0 aromatic heterocycles. The third-order valence-corrected chi connectivity index (χ3v) is 3.85. The zero-order valence-electron chi connectivity index (χ0n) is 14.1. The first kappa shape index (κ1) is 17.9. The smallest absolute Gasteiger partial charge is 0.227 e. The van der Waals surface area contributed by atoms with E-state index in [1.807, 2.05) is 38.1 Å². The van der Waals surface area contributed by atoms with E-state index in [0.29, 0.717) is 19.8 Å². The predicted molar refractivity (Wildman–Crippen MR) is 91.4 cm³/mol. The summed E-state index contributed by atoms with van der Waals surface area (Å²) < 4.78 is 11.0. The van der Waals surface area contributed by atoms with E-state index >= 15 is 0 Å². The van der Waals surface area contributed by atoms with Gasteiger partial charge < -0.3 is 20.1 Å². The molecule has 23 heavy (non-hydrogen) atoms. The molecule has 1 fully saturated rings. The molecule has 0 spiro atoms. The van der Waals surface area contributed by atoms with Crippen LogP contribution in [-0.4, -0.2) is 38.3 Å². The van der Waals surface area contributed by atoms with Crippen LogP contribution in [0.5, 0.6) is 0 Å². The number of amides is 1. The summed E-state index contributed by atoms with van der Waals surface area (Å²) in [5.74, 6) is 0.235. The van der Waals surface area contributed by atoms with Gasteiger partial charge >= 0.3 is 0 Å². The third kappa shape index (κ3) is 6.69. The monoisotopic (exact) mass is 320 g/mol. The molecule has 1 aromatic carbocycles. The number of hydrogen-bond donors (Lipinski definition) is 2. The summed E-state index contributed by atoms with van der Waals surface area (Å²) in [4.78, 5) is 12.3. The van der Waals surface area contributed by atoms with E-state index in [-0.39, 0.29) is 17.9 Å². The lowest BCUT2D eigenvalue weighted by Crippen LogP contribution is -2.34. The number of anilines is 1. The molecule has 5 nitrogen and oxygen atoms in total. The quantitative estimate of drug-likeness (QED) is 0.723. The van der Waals surface area contributed by atoms with E-state index in [4.69, 9.17) is 9.47 Å². The fourth-order valence-corrected chi connectivity index (χ4v) is 2.60. The van der Waals surface area contributed by atoms with Gasteiger partial charge in [0.15, 0.2) is 0 Å². The lowest BCUT2D eigenvalue weighted by atomic mass is 9.97. The average molecular weight is 320 g/mol. The lowest BCUT2D eigenvalue weighted by Gasteiger charge is -2.21. The molecule has 0 atom stereocenters. The Morgan fingerprint density at radius 3 is 2.83 bits per heavy atom. The maximum Gasteiger partial charge on any atom is 0.227 e. The standard InChI is InChI=1S/C18H28N2O3/c1-14(2)23-11-10-22-13-15-4-3-5-17(12-15)20-18(21)16-6-8-19-9-7-16/h3-5,12,14,16,19H,6-11,13H2,1-2H3,(H,20,21). The molecule has 0 saturated carbocycles. The van der Waals surface area contributed by atoms with Crippen molar-refractivity contribution in [2.24, 2.45) is 5.92 Å². The molecular formula is C18H28N2O3. The van der Waals surface area contributed by atoms with Crippen LogP contribution in [0.4, 0.5) is 5.69 Å². The maximum atomic E-state index is 12.3. The number of benzene rings is 1. The Hall–Kier alpha value is -1.43. The van der Waals surface area contributed by atoms with Crippen molar-refractivity contribution < 1.29 is 14.3 Å². The topological polar surface area (TPSA) is 59.6 Å². The third-order valence-electron chi connectivity index (χ3n) is 3.85. The van der Waals surface area contributed by atoms with E-state index in [0.717, 1.165) is 37.2 Å². The van der Waals surface area contributed by atoms with Crippen molar-refractivity contribution in [3.8, 4) is 0 Å². The van der Waals surface area contributed by atoms with Gasteiger partial charge in [-0.15, -0.1) is 0 Å². The van der Waals surface area contributed by atoms with Gasteiger partial charge in [-0.3, -0.25) is 4.79 Å². The minimum atomic E-state index is 0.115. The summed E-state index contributed by atoms with van der Waals surface area (Å²) in [6.45, 7) is 7.56. The van der Waals surface area contributed by atoms with Crippen molar-refractivity contribution in [3.05, 3.63) is 29.8 Å². The molecule has 1 aliphatic heterocycles. The molecular weight excluding hydrogens is 292 g/mol. The van der Waals surface area contributed by atoms with Crippen molar-refractivity contribution in [2.45, 2.75) is 39.4 Å². The summed E-state index contributed by atoms with van der Waals surface area (Å²) in [5, 5.41) is 6.30. The second-order valence-electron chi connectivity index (χ2n) is 6.19. The number of carbonyl (C=O) groups excluding carboxylic acids is 1. The highest BCUT2D eigenvalue weighted by Crippen LogP contribution is 2.17. The molecule has 0 radical (unpaired) electrons. The second kappa shape index (κ2) is 9.65. The number of rotatable bonds is 8. The fourth-order valence-electron chi connectivity index (χ4n) is 2.60. The summed E-state index contributed by atoms with van der Waals surface area (Å²) in [5.41, 5.74) is 1.89. The van der Waals surface area contributed by atoms with E-state index in [1.165, 1.54) is 0 Å². The van der Waals surface area contributed by atoms with Crippen LogP contribution in [-0.2, 0) is 20.9 Å². The zero-order chi connectivity index (χ0) is 16.5. The molecule has 1 amide bonds. The van der Waals surface area contributed by atoms with Crippen LogP contribution in [0.15, 0.2) is 24.3 Å². The summed E-state index contributed by atoms with van der Waals surface area (Å²) >= 11 is 0. The number of nitrogens with one attached hydrogen (secondary N) is 2. The molecule has 0 unspecified atom stereocenters. The first-order valence-corrected chi connectivity index (χ1v) is 8.45. The first-order chi connectivity index (χ1) is 11.1. The highest BCUT2D eigenvalue weighted by atomic mass is 16.5. The molecule has 5 heteroatoms. The summed E-state index contributed by atoms with van der Waals surface area (Å²) in [6, 6.07) is 7.84. The van der Waals surface area contributed by atoms with E-state index in [9.17, 15) is 4.79 Å². The Labute approximate surface area is 138 Å². The van der Waals surface area contributed by atoms with E-state index < -0.39 is 0 Å². The van der Waals surface area contributed by atoms with Gasteiger partial charge in [-0.05, 0) is 57.5 Å². The number of ether oxygens (including phenoxy) is 2. The molecule has 0 aliphatic carbocycles.